The van der Waals surface area contributed by atoms with Crippen LogP contribution in [0, 0.1) is 5.92 Å². The van der Waals surface area contributed by atoms with Gasteiger partial charge in [-0.2, -0.15) is 0 Å². The first-order chi connectivity index (χ1) is 11.1. The summed E-state index contributed by atoms with van der Waals surface area (Å²) in [4.78, 5) is 13.8. The highest BCUT2D eigenvalue weighted by Gasteiger charge is 2.23. The number of carbonyl (C=O) groups is 1. The van der Waals surface area contributed by atoms with Gasteiger partial charge in [0.2, 0.25) is 5.91 Å². The molecule has 1 saturated carbocycles. The van der Waals surface area contributed by atoms with Gasteiger partial charge in [0.05, 0.1) is 6.10 Å². The van der Waals surface area contributed by atoms with Gasteiger partial charge in [-0.1, -0.05) is 18.6 Å². The number of rotatable bonds is 5. The summed E-state index contributed by atoms with van der Waals surface area (Å²) < 4.78 is 0. The molecule has 1 heterocycles. The van der Waals surface area contributed by atoms with Gasteiger partial charge in [0, 0.05) is 24.7 Å². The second-order valence-corrected chi connectivity index (χ2v) is 7.06. The lowest BCUT2D eigenvalue weighted by Gasteiger charge is -2.27. The Kier molecular flexibility index (Phi) is 5.34. The van der Waals surface area contributed by atoms with Crippen molar-refractivity contribution in [2.24, 2.45) is 5.92 Å². The van der Waals surface area contributed by atoms with Crippen molar-refractivity contribution >= 4 is 11.6 Å². The van der Waals surface area contributed by atoms with Crippen LogP contribution in [0.1, 0.15) is 57.1 Å². The average molecular weight is 316 g/mol. The number of nitrogens with zero attached hydrogens (tertiary/aromatic N) is 1. The molecule has 2 aliphatic rings. The van der Waals surface area contributed by atoms with Gasteiger partial charge in [-0.05, 0) is 62.8 Å². The number of amides is 1. The summed E-state index contributed by atoms with van der Waals surface area (Å²) in [5.74, 6) is 0.809. The van der Waals surface area contributed by atoms with Gasteiger partial charge in [-0.15, -0.1) is 0 Å². The maximum absolute atomic E-state index is 11.9. The molecule has 4 nitrogen and oxygen atoms in total. The van der Waals surface area contributed by atoms with E-state index in [4.69, 9.17) is 0 Å². The fourth-order valence-electron chi connectivity index (χ4n) is 3.79. The highest BCUT2D eigenvalue weighted by atomic mass is 16.3. The first kappa shape index (κ1) is 16.5. The molecule has 1 aromatic rings. The molecule has 1 aromatic carbocycles. The van der Waals surface area contributed by atoms with Crippen LogP contribution in [0.15, 0.2) is 24.3 Å². The molecule has 0 aromatic heterocycles. The summed E-state index contributed by atoms with van der Waals surface area (Å²) in [5, 5.41) is 13.4. The molecule has 1 aliphatic carbocycles. The van der Waals surface area contributed by atoms with Gasteiger partial charge >= 0.3 is 0 Å². The minimum absolute atomic E-state index is 0.115. The Hall–Kier alpha value is -1.39. The molecule has 2 N–H and O–H groups in total. The van der Waals surface area contributed by atoms with Crippen LogP contribution < -0.4 is 10.2 Å². The zero-order chi connectivity index (χ0) is 16.2. The van der Waals surface area contributed by atoms with Crippen molar-refractivity contribution < 1.29 is 9.90 Å². The molecule has 3 atom stereocenters. The van der Waals surface area contributed by atoms with Crippen molar-refractivity contribution in [2.75, 3.05) is 18.0 Å². The number of anilines is 1. The molecule has 1 saturated heterocycles. The van der Waals surface area contributed by atoms with Crippen LogP contribution in [-0.2, 0) is 4.79 Å². The second kappa shape index (κ2) is 7.45. The molecule has 3 unspecified atom stereocenters. The number of nitrogens with one attached hydrogen (secondary N) is 1. The summed E-state index contributed by atoms with van der Waals surface area (Å²) in [6.07, 6.45) is 5.73. The number of hydrogen-bond donors (Lipinski definition) is 2. The third-order valence-electron chi connectivity index (χ3n) is 5.22. The van der Waals surface area contributed by atoms with Gasteiger partial charge in [0.1, 0.15) is 0 Å². The molecular formula is C19H28N2O2. The van der Waals surface area contributed by atoms with Crippen LogP contribution in [0.5, 0.6) is 0 Å². The van der Waals surface area contributed by atoms with E-state index in [-0.39, 0.29) is 18.1 Å². The van der Waals surface area contributed by atoms with E-state index in [1.807, 2.05) is 17.0 Å². The Morgan fingerprint density at radius 2 is 2.22 bits per heavy atom. The van der Waals surface area contributed by atoms with E-state index in [0.29, 0.717) is 12.3 Å². The first-order valence-corrected chi connectivity index (χ1v) is 8.95. The molecule has 2 fully saturated rings. The maximum Gasteiger partial charge on any atom is 0.227 e. The van der Waals surface area contributed by atoms with E-state index in [0.717, 1.165) is 44.5 Å². The largest absolute Gasteiger partial charge is 0.393 e. The van der Waals surface area contributed by atoms with Crippen molar-refractivity contribution in [2.45, 2.75) is 57.6 Å². The van der Waals surface area contributed by atoms with E-state index in [9.17, 15) is 9.90 Å². The SMILES string of the molecule is CC(NCC1CCCC(O)C1)c1cccc(N2CCCC2=O)c1. The Morgan fingerprint density at radius 1 is 1.35 bits per heavy atom. The zero-order valence-corrected chi connectivity index (χ0v) is 14.0. The minimum Gasteiger partial charge on any atom is -0.393 e. The summed E-state index contributed by atoms with van der Waals surface area (Å²) in [6.45, 7) is 3.96. The third kappa shape index (κ3) is 4.12. The number of carbonyl (C=O) groups excluding carboxylic acids is 1. The summed E-state index contributed by atoms with van der Waals surface area (Å²) in [6, 6.07) is 8.58. The molecule has 0 radical (unpaired) electrons. The van der Waals surface area contributed by atoms with Gasteiger partial charge < -0.3 is 15.3 Å². The lowest BCUT2D eigenvalue weighted by molar-refractivity contribution is -0.117. The molecule has 0 spiro atoms. The molecule has 126 valence electrons. The van der Waals surface area contributed by atoms with E-state index in [1.54, 1.807) is 0 Å². The number of aliphatic hydroxyl groups excluding tert-OH is 1. The van der Waals surface area contributed by atoms with Crippen LogP contribution in [0.4, 0.5) is 5.69 Å². The Bertz CT molecular complexity index is 546. The van der Waals surface area contributed by atoms with Crippen LogP contribution >= 0.6 is 0 Å². The van der Waals surface area contributed by atoms with Crippen molar-refractivity contribution in [3.05, 3.63) is 29.8 Å². The molecule has 1 aliphatic heterocycles. The Labute approximate surface area is 138 Å². The summed E-state index contributed by atoms with van der Waals surface area (Å²) in [7, 11) is 0. The van der Waals surface area contributed by atoms with Crippen LogP contribution in [0.25, 0.3) is 0 Å². The Balaban J connectivity index is 1.58. The highest BCUT2D eigenvalue weighted by molar-refractivity contribution is 5.95. The van der Waals surface area contributed by atoms with Crippen molar-refractivity contribution in [1.82, 2.24) is 5.32 Å². The molecule has 23 heavy (non-hydrogen) atoms. The predicted molar refractivity (Wildman–Crippen MR) is 92.4 cm³/mol. The second-order valence-electron chi connectivity index (χ2n) is 7.06. The number of aliphatic hydroxyl groups is 1. The molecule has 4 heteroatoms. The molecular weight excluding hydrogens is 288 g/mol. The third-order valence-corrected chi connectivity index (χ3v) is 5.22. The lowest BCUT2D eigenvalue weighted by atomic mass is 9.87. The minimum atomic E-state index is -0.115. The van der Waals surface area contributed by atoms with Gasteiger partial charge in [-0.25, -0.2) is 0 Å². The van der Waals surface area contributed by atoms with Crippen molar-refractivity contribution in [3.63, 3.8) is 0 Å². The van der Waals surface area contributed by atoms with E-state index >= 15 is 0 Å². The maximum atomic E-state index is 11.9. The Morgan fingerprint density at radius 3 is 2.96 bits per heavy atom. The topological polar surface area (TPSA) is 52.6 Å². The average Bonchev–Trinajstić information content (AvgIpc) is 2.99. The van der Waals surface area contributed by atoms with E-state index < -0.39 is 0 Å². The van der Waals surface area contributed by atoms with Crippen LogP contribution in [0.2, 0.25) is 0 Å². The molecule has 3 rings (SSSR count). The lowest BCUT2D eigenvalue weighted by Crippen LogP contribution is -2.31. The van der Waals surface area contributed by atoms with Gasteiger partial charge in [0.25, 0.3) is 0 Å². The number of benzene rings is 1. The van der Waals surface area contributed by atoms with Crippen molar-refractivity contribution in [3.8, 4) is 0 Å². The normalized spacial score (nSPS) is 26.5. The fraction of sp³-hybridized carbons (Fsp3) is 0.632. The smallest absolute Gasteiger partial charge is 0.227 e. The monoisotopic (exact) mass is 316 g/mol. The van der Waals surface area contributed by atoms with Crippen molar-refractivity contribution in [1.29, 1.82) is 0 Å². The standard InChI is InChI=1S/C19H28N2O2/c1-14(20-13-15-5-2-8-18(22)11-15)16-6-3-7-17(12-16)21-10-4-9-19(21)23/h3,6-7,12,14-15,18,20,22H,2,4-5,8-11,13H2,1H3. The van der Waals surface area contributed by atoms with Crippen LogP contribution in [-0.4, -0.2) is 30.2 Å². The quantitative estimate of drug-likeness (QED) is 0.878. The highest BCUT2D eigenvalue weighted by Crippen LogP contribution is 2.26. The van der Waals surface area contributed by atoms with E-state index in [2.05, 4.69) is 24.4 Å². The zero-order valence-electron chi connectivity index (χ0n) is 14.0. The predicted octanol–water partition coefficient (Wildman–Crippen LogP) is 3.02. The molecule has 0 bridgehead atoms. The van der Waals surface area contributed by atoms with Crippen LogP contribution in [0.3, 0.4) is 0 Å². The fourth-order valence-corrected chi connectivity index (χ4v) is 3.79. The molecule has 1 amide bonds. The van der Waals surface area contributed by atoms with Gasteiger partial charge in [-0.3, -0.25) is 4.79 Å². The summed E-state index contributed by atoms with van der Waals surface area (Å²) >= 11 is 0. The summed E-state index contributed by atoms with van der Waals surface area (Å²) in [5.41, 5.74) is 2.24. The van der Waals surface area contributed by atoms with E-state index in [1.165, 1.54) is 12.0 Å². The number of hydrogen-bond acceptors (Lipinski definition) is 3. The first-order valence-electron chi connectivity index (χ1n) is 8.95. The van der Waals surface area contributed by atoms with Gasteiger partial charge in [0.15, 0.2) is 0 Å².